The Labute approximate surface area is 141 Å². The largest absolute Gasteiger partial charge is 0.460 e. The molecule has 0 spiro atoms. The highest BCUT2D eigenvalue weighted by Gasteiger charge is 2.95. The lowest BCUT2D eigenvalue weighted by atomic mass is 9.88. The maximum absolute atomic E-state index is 13.1. The van der Waals surface area contributed by atoms with E-state index in [1.165, 1.54) is 0 Å². The Kier molecular flexibility index (Phi) is 6.33. The zero-order valence-electron chi connectivity index (χ0n) is 12.2. The highest BCUT2D eigenvalue weighted by atomic mass is 19.4. The van der Waals surface area contributed by atoms with Crippen molar-refractivity contribution in [3.05, 3.63) is 0 Å². The monoisotopic (exact) mass is 466 g/mol. The fourth-order valence-corrected chi connectivity index (χ4v) is 1.47. The number of hydrogen-bond donors (Lipinski definition) is 0. The Hall–Kier alpha value is -1.26. The first-order valence-corrected chi connectivity index (χ1v) is 6.08. The molecule has 0 aliphatic rings. The van der Waals surface area contributed by atoms with Gasteiger partial charge in [0.25, 0.3) is 0 Å². The van der Waals surface area contributed by atoms with Gasteiger partial charge < -0.3 is 0 Å². The SMILES string of the molecule is FCCC(F)(F)C(F)(F)C(F)(F)C(F)(F)C(F)(F)C(F)(F)C(F)(F)C(F)(F)F. The minimum Gasteiger partial charge on any atom is -0.251 e. The van der Waals surface area contributed by atoms with Crippen molar-refractivity contribution in [1.29, 1.82) is 0 Å². The zero-order chi connectivity index (χ0) is 23.4. The summed E-state index contributed by atoms with van der Waals surface area (Å²) in [6, 6.07) is 0. The molecule has 0 unspecified atom stereocenters. The van der Waals surface area contributed by atoms with Crippen molar-refractivity contribution in [2.45, 2.75) is 54.1 Å². The maximum atomic E-state index is 13.1. The minimum absolute atomic E-state index is 2.66. The Bertz CT molecular complexity index is 553. The summed E-state index contributed by atoms with van der Waals surface area (Å²) >= 11 is 0. The molecule has 170 valence electrons. The smallest absolute Gasteiger partial charge is 0.251 e. The number of rotatable bonds is 8. The second-order valence-corrected chi connectivity index (χ2v) is 5.09. The molecule has 0 atom stereocenters. The number of hydrogen-bond acceptors (Lipinski definition) is 0. The van der Waals surface area contributed by atoms with Crippen LogP contribution in [0.3, 0.4) is 0 Å². The highest BCUT2D eigenvalue weighted by Crippen LogP contribution is 2.64. The average Bonchev–Trinajstić information content (AvgIpc) is 2.44. The van der Waals surface area contributed by atoms with E-state index in [2.05, 4.69) is 0 Å². The van der Waals surface area contributed by atoms with Crippen LogP contribution in [-0.4, -0.2) is 54.3 Å². The lowest BCUT2D eigenvalue weighted by Gasteiger charge is -2.42. The molecular formula is C10H4F18. The summed E-state index contributed by atoms with van der Waals surface area (Å²) in [5, 5.41) is 0. The van der Waals surface area contributed by atoms with Crippen LogP contribution in [0.2, 0.25) is 0 Å². The van der Waals surface area contributed by atoms with Crippen molar-refractivity contribution in [1.82, 2.24) is 0 Å². The van der Waals surface area contributed by atoms with E-state index >= 15 is 0 Å². The van der Waals surface area contributed by atoms with E-state index < -0.39 is 60.7 Å². The normalized spacial score (nSPS) is 16.5. The quantitative estimate of drug-likeness (QED) is 0.366. The standard InChI is InChI=1S/C10H4F18/c11-2-1-3(12,13)4(14,15)5(16,17)6(18,19)7(20,21)8(22,23)9(24,25)10(26,27)28/h1-2H2. The first-order valence-electron chi connectivity index (χ1n) is 6.08. The van der Waals surface area contributed by atoms with E-state index in [1.807, 2.05) is 0 Å². The number of halogens is 18. The van der Waals surface area contributed by atoms with Crippen LogP contribution in [0.15, 0.2) is 0 Å². The molecule has 18 heteroatoms. The van der Waals surface area contributed by atoms with Crippen molar-refractivity contribution in [3.8, 4) is 0 Å². The van der Waals surface area contributed by atoms with Crippen molar-refractivity contribution in [2.75, 3.05) is 6.67 Å². The van der Waals surface area contributed by atoms with Gasteiger partial charge in [0.1, 0.15) is 0 Å². The maximum Gasteiger partial charge on any atom is 0.460 e. The molecule has 0 aliphatic heterocycles. The van der Waals surface area contributed by atoms with Gasteiger partial charge in [0, 0.05) is 6.42 Å². The third-order valence-electron chi connectivity index (χ3n) is 3.20. The predicted molar refractivity (Wildman–Crippen MR) is 51.3 cm³/mol. The van der Waals surface area contributed by atoms with Crippen molar-refractivity contribution >= 4 is 0 Å². The first-order chi connectivity index (χ1) is 11.8. The van der Waals surface area contributed by atoms with E-state index in [0.717, 1.165) is 0 Å². The van der Waals surface area contributed by atoms with Crippen molar-refractivity contribution in [2.24, 2.45) is 0 Å². The lowest BCUT2D eigenvalue weighted by molar-refractivity contribution is -0.461. The van der Waals surface area contributed by atoms with Crippen LogP contribution in [0.25, 0.3) is 0 Å². The molecule has 0 fully saturated rings. The van der Waals surface area contributed by atoms with E-state index in [0.29, 0.717) is 0 Å². The average molecular weight is 466 g/mol. The summed E-state index contributed by atoms with van der Waals surface area (Å²) in [6.45, 7) is -2.66. The summed E-state index contributed by atoms with van der Waals surface area (Å²) < 4.78 is 227. The van der Waals surface area contributed by atoms with Gasteiger partial charge in [0.2, 0.25) is 0 Å². The zero-order valence-corrected chi connectivity index (χ0v) is 12.2. The van der Waals surface area contributed by atoms with Gasteiger partial charge in [-0.3, -0.25) is 4.39 Å². The molecule has 0 rings (SSSR count). The molecule has 0 N–H and O–H groups in total. The van der Waals surface area contributed by atoms with Gasteiger partial charge in [-0.05, 0) is 0 Å². The highest BCUT2D eigenvalue weighted by molar-refractivity contribution is 5.15. The second-order valence-electron chi connectivity index (χ2n) is 5.09. The summed E-state index contributed by atoms with van der Waals surface area (Å²) in [5.74, 6) is -56.8. The molecule has 0 heterocycles. The van der Waals surface area contributed by atoms with Gasteiger partial charge in [-0.1, -0.05) is 0 Å². The van der Waals surface area contributed by atoms with E-state index in [1.54, 1.807) is 0 Å². The second kappa shape index (κ2) is 6.63. The molecule has 0 radical (unpaired) electrons. The molecule has 0 aliphatic carbocycles. The molecule has 0 saturated carbocycles. The summed E-state index contributed by atoms with van der Waals surface area (Å²) in [7, 11) is 0. The fraction of sp³-hybridized carbons (Fsp3) is 1.00. The van der Waals surface area contributed by atoms with Gasteiger partial charge >= 0.3 is 47.6 Å². The van der Waals surface area contributed by atoms with Crippen LogP contribution in [0.5, 0.6) is 0 Å². The molecule has 0 nitrogen and oxygen atoms in total. The molecule has 0 bridgehead atoms. The van der Waals surface area contributed by atoms with E-state index in [-0.39, 0.29) is 0 Å². The van der Waals surface area contributed by atoms with Gasteiger partial charge in [-0.15, -0.1) is 0 Å². The number of alkyl halides is 18. The van der Waals surface area contributed by atoms with Crippen molar-refractivity contribution in [3.63, 3.8) is 0 Å². The Morgan fingerprint density at radius 2 is 0.607 bits per heavy atom. The Morgan fingerprint density at radius 3 is 0.857 bits per heavy atom. The fourth-order valence-electron chi connectivity index (χ4n) is 1.47. The first kappa shape index (κ1) is 26.7. The molecule has 0 aromatic heterocycles. The van der Waals surface area contributed by atoms with Gasteiger partial charge in [0.15, 0.2) is 0 Å². The Morgan fingerprint density at radius 1 is 0.357 bits per heavy atom. The molecule has 28 heavy (non-hydrogen) atoms. The van der Waals surface area contributed by atoms with Crippen LogP contribution < -0.4 is 0 Å². The Balaban J connectivity index is 6.63. The van der Waals surface area contributed by atoms with Gasteiger partial charge in [-0.25, -0.2) is 0 Å². The topological polar surface area (TPSA) is 0 Å². The van der Waals surface area contributed by atoms with Gasteiger partial charge in [0.05, 0.1) is 6.67 Å². The van der Waals surface area contributed by atoms with Crippen LogP contribution in [-0.2, 0) is 0 Å². The predicted octanol–water partition coefficient (Wildman–Crippen LogP) is 6.36. The lowest BCUT2D eigenvalue weighted by Crippen LogP contribution is -2.74. The van der Waals surface area contributed by atoms with E-state index in [9.17, 15) is 79.0 Å². The third-order valence-corrected chi connectivity index (χ3v) is 3.20. The molecule has 0 aromatic rings. The van der Waals surface area contributed by atoms with Crippen LogP contribution in [0, 0.1) is 0 Å². The summed E-state index contributed by atoms with van der Waals surface area (Å²) in [6.07, 6.45) is -10.8. The molecule has 0 aromatic carbocycles. The molecule has 0 saturated heterocycles. The van der Waals surface area contributed by atoms with Crippen LogP contribution in [0.4, 0.5) is 79.0 Å². The van der Waals surface area contributed by atoms with Gasteiger partial charge in [-0.2, -0.15) is 74.6 Å². The third kappa shape index (κ3) is 3.23. The van der Waals surface area contributed by atoms with Crippen LogP contribution in [0.1, 0.15) is 6.42 Å². The minimum atomic E-state index is -8.66. The van der Waals surface area contributed by atoms with Crippen molar-refractivity contribution < 1.29 is 79.0 Å². The van der Waals surface area contributed by atoms with Crippen LogP contribution >= 0.6 is 0 Å². The molecule has 0 amide bonds. The summed E-state index contributed by atoms with van der Waals surface area (Å²) in [4.78, 5) is 0. The van der Waals surface area contributed by atoms with E-state index in [4.69, 9.17) is 0 Å². The summed E-state index contributed by atoms with van der Waals surface area (Å²) in [5.41, 5.74) is 0. The molecular weight excluding hydrogens is 462 g/mol.